The van der Waals surface area contributed by atoms with E-state index in [9.17, 15) is 9.18 Å². The maximum absolute atomic E-state index is 13.1. The zero-order valence-electron chi connectivity index (χ0n) is 11.1. The zero-order chi connectivity index (χ0) is 13.8. The van der Waals surface area contributed by atoms with Crippen molar-refractivity contribution < 1.29 is 13.9 Å². The number of thiol groups is 1. The van der Waals surface area contributed by atoms with Crippen LogP contribution >= 0.6 is 12.6 Å². The quantitative estimate of drug-likeness (QED) is 0.663. The lowest BCUT2D eigenvalue weighted by Crippen LogP contribution is -2.25. The van der Waals surface area contributed by atoms with Crippen molar-refractivity contribution in [3.05, 3.63) is 29.6 Å². The summed E-state index contributed by atoms with van der Waals surface area (Å²) in [5, 5.41) is 0. The van der Waals surface area contributed by atoms with Crippen molar-refractivity contribution in [3.63, 3.8) is 0 Å². The molecule has 0 radical (unpaired) electrons. The Balaban J connectivity index is 1.98. The van der Waals surface area contributed by atoms with Crippen molar-refractivity contribution in [1.29, 1.82) is 0 Å². The molecule has 1 aliphatic rings. The van der Waals surface area contributed by atoms with Gasteiger partial charge in [-0.25, -0.2) is 9.18 Å². The highest BCUT2D eigenvalue weighted by Gasteiger charge is 2.24. The Morgan fingerprint density at radius 1 is 1.47 bits per heavy atom. The van der Waals surface area contributed by atoms with E-state index in [1.807, 2.05) is 0 Å². The average Bonchev–Trinajstić information content (AvgIpc) is 2.42. The molecule has 1 aromatic rings. The lowest BCUT2D eigenvalue weighted by atomic mass is 9.85. The first-order chi connectivity index (χ1) is 9.10. The number of benzene rings is 1. The van der Waals surface area contributed by atoms with Crippen molar-refractivity contribution >= 4 is 18.6 Å². The molecule has 0 N–H and O–H groups in total. The van der Waals surface area contributed by atoms with Crippen molar-refractivity contribution in [2.24, 2.45) is 5.92 Å². The normalized spacial score (nSPS) is 23.1. The van der Waals surface area contributed by atoms with Gasteiger partial charge in [0, 0.05) is 4.90 Å². The molecule has 2 unspecified atom stereocenters. The monoisotopic (exact) mass is 282 g/mol. The van der Waals surface area contributed by atoms with E-state index in [4.69, 9.17) is 4.74 Å². The van der Waals surface area contributed by atoms with Gasteiger partial charge in [-0.05, 0) is 43.4 Å². The molecule has 1 aromatic carbocycles. The molecule has 0 aliphatic heterocycles. The van der Waals surface area contributed by atoms with E-state index < -0.39 is 5.82 Å². The van der Waals surface area contributed by atoms with Crippen LogP contribution in [0.2, 0.25) is 0 Å². The molecule has 0 bridgehead atoms. The van der Waals surface area contributed by atoms with Crippen LogP contribution in [0.25, 0.3) is 0 Å². The van der Waals surface area contributed by atoms with Crippen LogP contribution in [0.4, 0.5) is 4.39 Å². The summed E-state index contributed by atoms with van der Waals surface area (Å²) in [6, 6.07) is 4.10. The minimum atomic E-state index is -0.427. The molecule has 2 rings (SSSR count). The van der Waals surface area contributed by atoms with Gasteiger partial charge < -0.3 is 4.74 Å². The third-order valence-electron chi connectivity index (χ3n) is 3.77. The Labute approximate surface area is 118 Å². The predicted molar refractivity (Wildman–Crippen MR) is 75.1 cm³/mol. The van der Waals surface area contributed by atoms with Crippen LogP contribution in [-0.2, 0) is 4.74 Å². The van der Waals surface area contributed by atoms with E-state index in [0.717, 1.165) is 25.7 Å². The van der Waals surface area contributed by atoms with E-state index in [2.05, 4.69) is 19.6 Å². The summed E-state index contributed by atoms with van der Waals surface area (Å²) in [5.41, 5.74) is 0.366. The zero-order valence-corrected chi connectivity index (χ0v) is 12.0. The van der Waals surface area contributed by atoms with Crippen molar-refractivity contribution in [3.8, 4) is 0 Å². The van der Waals surface area contributed by atoms with Crippen LogP contribution in [0.1, 0.15) is 49.4 Å². The molecule has 0 heterocycles. The van der Waals surface area contributed by atoms with E-state index in [-0.39, 0.29) is 17.0 Å². The van der Waals surface area contributed by atoms with E-state index in [1.54, 1.807) is 0 Å². The van der Waals surface area contributed by atoms with Crippen molar-refractivity contribution in [2.75, 3.05) is 0 Å². The first kappa shape index (κ1) is 14.4. The average molecular weight is 282 g/mol. The maximum atomic E-state index is 13.1. The molecule has 2 nitrogen and oxygen atoms in total. The van der Waals surface area contributed by atoms with E-state index >= 15 is 0 Å². The highest BCUT2D eigenvalue weighted by Crippen LogP contribution is 2.29. The number of halogens is 1. The standard InChI is InChI=1S/C15H19FO2S/c1-2-10-4-3-5-12(8-10)18-15(17)11-6-7-13(16)14(19)9-11/h6-7,9-10,12,19H,2-5,8H2,1H3. The van der Waals surface area contributed by atoms with Gasteiger partial charge in [0.05, 0.1) is 5.56 Å². The third kappa shape index (κ3) is 3.72. The highest BCUT2D eigenvalue weighted by atomic mass is 32.1. The lowest BCUT2D eigenvalue weighted by molar-refractivity contribution is 0.0139. The summed E-state index contributed by atoms with van der Waals surface area (Å²) in [4.78, 5) is 12.2. The van der Waals surface area contributed by atoms with Gasteiger partial charge in [-0.3, -0.25) is 0 Å². The number of ether oxygens (including phenoxy) is 1. The second-order valence-electron chi connectivity index (χ2n) is 5.13. The van der Waals surface area contributed by atoms with Crippen LogP contribution in [0.5, 0.6) is 0 Å². The second kappa shape index (κ2) is 6.42. The second-order valence-corrected chi connectivity index (χ2v) is 5.62. The molecule has 104 valence electrons. The van der Waals surface area contributed by atoms with Gasteiger partial charge in [0.25, 0.3) is 0 Å². The van der Waals surface area contributed by atoms with Gasteiger partial charge in [-0.1, -0.05) is 19.8 Å². The molecule has 0 amide bonds. The maximum Gasteiger partial charge on any atom is 0.338 e. The number of rotatable bonds is 3. The van der Waals surface area contributed by atoms with Crippen LogP contribution in [0, 0.1) is 11.7 Å². The molecule has 4 heteroatoms. The molecular weight excluding hydrogens is 263 g/mol. The molecule has 2 atom stereocenters. The van der Waals surface area contributed by atoms with Gasteiger partial charge >= 0.3 is 5.97 Å². The number of hydrogen-bond acceptors (Lipinski definition) is 3. The smallest absolute Gasteiger partial charge is 0.338 e. The topological polar surface area (TPSA) is 26.3 Å². The van der Waals surface area contributed by atoms with E-state index in [0.29, 0.717) is 11.5 Å². The molecular formula is C15H19FO2S. The third-order valence-corrected chi connectivity index (χ3v) is 4.11. The molecule has 0 spiro atoms. The van der Waals surface area contributed by atoms with Gasteiger partial charge in [0.15, 0.2) is 0 Å². The number of esters is 1. The molecule has 1 aliphatic carbocycles. The summed E-state index contributed by atoms with van der Waals surface area (Å²) in [7, 11) is 0. The SMILES string of the molecule is CCC1CCCC(OC(=O)c2ccc(F)c(S)c2)C1. The Kier molecular flexibility index (Phi) is 4.86. The molecule has 0 saturated heterocycles. The number of carbonyl (C=O) groups excluding carboxylic acids is 1. The van der Waals surface area contributed by atoms with E-state index in [1.165, 1.54) is 24.6 Å². The Bertz CT molecular complexity index is 461. The minimum Gasteiger partial charge on any atom is -0.459 e. The van der Waals surface area contributed by atoms with Crippen LogP contribution in [0.3, 0.4) is 0 Å². The van der Waals surface area contributed by atoms with Crippen LogP contribution in [-0.4, -0.2) is 12.1 Å². The van der Waals surface area contributed by atoms with Crippen molar-refractivity contribution in [1.82, 2.24) is 0 Å². The van der Waals surface area contributed by atoms with Gasteiger partial charge in [-0.15, -0.1) is 12.6 Å². The summed E-state index contributed by atoms with van der Waals surface area (Å²) >= 11 is 3.97. The first-order valence-electron chi connectivity index (χ1n) is 6.79. The molecule has 0 aromatic heterocycles. The minimum absolute atomic E-state index is 0.000351. The Morgan fingerprint density at radius 3 is 2.95 bits per heavy atom. The summed E-state index contributed by atoms with van der Waals surface area (Å²) in [5.74, 6) is -0.152. The molecule has 1 fully saturated rings. The fourth-order valence-electron chi connectivity index (χ4n) is 2.58. The van der Waals surface area contributed by atoms with Crippen LogP contribution in [0.15, 0.2) is 23.1 Å². The van der Waals surface area contributed by atoms with Crippen LogP contribution < -0.4 is 0 Å². The summed E-state index contributed by atoms with van der Waals surface area (Å²) in [6.07, 6.45) is 5.33. The Hall–Kier alpha value is -1.03. The fraction of sp³-hybridized carbons (Fsp3) is 0.533. The lowest BCUT2D eigenvalue weighted by Gasteiger charge is -2.28. The fourth-order valence-corrected chi connectivity index (χ4v) is 2.79. The van der Waals surface area contributed by atoms with Gasteiger partial charge in [0.1, 0.15) is 11.9 Å². The first-order valence-corrected chi connectivity index (χ1v) is 7.24. The molecule has 19 heavy (non-hydrogen) atoms. The Morgan fingerprint density at radius 2 is 2.26 bits per heavy atom. The molecule has 1 saturated carbocycles. The summed E-state index contributed by atoms with van der Waals surface area (Å²) < 4.78 is 18.6. The van der Waals surface area contributed by atoms with Gasteiger partial charge in [-0.2, -0.15) is 0 Å². The predicted octanol–water partition coefficient (Wildman–Crippen LogP) is 4.24. The number of carbonyl (C=O) groups is 1. The highest BCUT2D eigenvalue weighted by molar-refractivity contribution is 7.80. The number of hydrogen-bond donors (Lipinski definition) is 1. The summed E-state index contributed by atoms with van der Waals surface area (Å²) in [6.45, 7) is 2.17. The largest absolute Gasteiger partial charge is 0.459 e. The van der Waals surface area contributed by atoms with Crippen molar-refractivity contribution in [2.45, 2.75) is 50.0 Å². The van der Waals surface area contributed by atoms with Gasteiger partial charge in [0.2, 0.25) is 0 Å².